The van der Waals surface area contributed by atoms with Crippen LogP contribution in [0.3, 0.4) is 0 Å². The van der Waals surface area contributed by atoms with E-state index >= 15 is 0 Å². The van der Waals surface area contributed by atoms with Crippen LogP contribution in [0.2, 0.25) is 0 Å². The smallest absolute Gasteiger partial charge is 0.206 e. The quantitative estimate of drug-likeness (QED) is 0.507. The number of likely N-dealkylation sites (tertiary alicyclic amines) is 1. The van der Waals surface area contributed by atoms with E-state index in [2.05, 4.69) is 17.3 Å². The molecule has 3 nitrogen and oxygen atoms in total. The fourth-order valence-electron chi connectivity index (χ4n) is 0.875. The average molecular weight is 152 g/mol. The van der Waals surface area contributed by atoms with Gasteiger partial charge in [0.25, 0.3) is 0 Å². The molecule has 0 atom stereocenters. The maximum Gasteiger partial charge on any atom is 0.206 e. The van der Waals surface area contributed by atoms with Gasteiger partial charge in [-0.25, -0.2) is 0 Å². The zero-order chi connectivity index (χ0) is 10.7. The van der Waals surface area contributed by atoms with Crippen LogP contribution in [0.15, 0.2) is 0 Å². The first kappa shape index (κ1) is 6.16. The van der Waals surface area contributed by atoms with E-state index < -0.39 is 6.39 Å². The van der Waals surface area contributed by atoms with Gasteiger partial charge in [-0.3, -0.25) is 4.79 Å². The normalized spacial score (nSPS) is 19.6. The number of hydrogen-bond donors (Lipinski definition) is 1. The minimum absolute atomic E-state index is 0.745. The lowest BCUT2D eigenvalue weighted by atomic mass is 10.4. The van der Waals surface area contributed by atoms with E-state index in [4.69, 9.17) is 4.34 Å². The number of carbonyl (C=O) groups is 1. The molecule has 0 aromatic carbocycles. The highest BCUT2D eigenvalue weighted by molar-refractivity contribution is 5.44. The van der Waals surface area contributed by atoms with Crippen LogP contribution in [0, 0.1) is 0 Å². The van der Waals surface area contributed by atoms with Gasteiger partial charge in [-0.05, 0) is 33.0 Å². The molecule has 0 spiro atoms. The van der Waals surface area contributed by atoms with Crippen molar-refractivity contribution in [2.45, 2.75) is 12.8 Å². The van der Waals surface area contributed by atoms with Gasteiger partial charge in [0.1, 0.15) is 1.37 Å². The number of nitrogens with one attached hydrogen (secondary N) is 1. The first-order valence-electron chi connectivity index (χ1n) is 5.03. The molecule has 62 valence electrons. The highest BCUT2D eigenvalue weighted by Crippen LogP contribution is 2.01. The van der Waals surface area contributed by atoms with Crippen LogP contribution in [0.4, 0.5) is 0 Å². The molecule has 0 radical (unpaired) electrons. The standard InChI is InChI=1S/C5H11N.C2H5NO.H2/c1-6-4-2-3-5-6;1-3-2-4;/h2-5H2,1H3;2H,1H3,(H,3,4);1H/i;2T;1+2T. The van der Waals surface area contributed by atoms with E-state index in [1.54, 1.807) is 0 Å². The first-order chi connectivity index (χ1) is 6.16. The van der Waals surface area contributed by atoms with Crippen molar-refractivity contribution < 1.29 is 9.13 Å². The van der Waals surface area contributed by atoms with Crippen molar-refractivity contribution >= 4 is 6.39 Å². The van der Waals surface area contributed by atoms with Crippen LogP contribution in [-0.4, -0.2) is 38.5 Å². The van der Waals surface area contributed by atoms with Gasteiger partial charge in [-0.15, -0.1) is 0 Å². The van der Waals surface area contributed by atoms with Gasteiger partial charge >= 0.3 is 0 Å². The Balaban J connectivity index is 0. The highest BCUT2D eigenvalue weighted by Gasteiger charge is 2.03. The monoisotopic (exact) mass is 152 g/mol. The Labute approximate surface area is 66.9 Å². The molecule has 3 heteroatoms. The zero-order valence-corrected chi connectivity index (χ0v) is 6.68. The van der Waals surface area contributed by atoms with Gasteiger partial charge in [0.05, 0.1) is 0 Å². The number of nitrogens with zero attached hydrogens (tertiary/aromatic N) is 1. The van der Waals surface area contributed by atoms with Crippen molar-refractivity contribution in [2.24, 2.45) is 0 Å². The highest BCUT2D eigenvalue weighted by atomic mass is 16.1. The number of carbonyl (C=O) groups excluding carboxylic acids is 1. The van der Waals surface area contributed by atoms with Gasteiger partial charge in [-0.1, -0.05) is 0 Å². The number of hydrogen-bond acceptors (Lipinski definition) is 2. The molecule has 0 bridgehead atoms. The second kappa shape index (κ2) is 6.55. The third-order valence-electron chi connectivity index (χ3n) is 1.43. The second-order valence-electron chi connectivity index (χ2n) is 2.36. The molecule has 0 saturated carbocycles. The van der Waals surface area contributed by atoms with Crippen LogP contribution >= 0.6 is 0 Å². The van der Waals surface area contributed by atoms with Crippen LogP contribution in [-0.2, 0) is 4.79 Å². The van der Waals surface area contributed by atoms with E-state index in [0.717, 1.165) is 0 Å². The average Bonchev–Trinajstić information content (AvgIpc) is 2.60. The second-order valence-corrected chi connectivity index (χ2v) is 2.36. The van der Waals surface area contributed by atoms with Crippen molar-refractivity contribution in [2.75, 3.05) is 27.2 Å². The molecule has 1 amide bonds. The first-order valence-corrected chi connectivity index (χ1v) is 3.53. The SMILES string of the molecule is CN1CCCC1.[3H]C(=O)NC.[3H][3H]. The van der Waals surface area contributed by atoms with Crippen LogP contribution in [0.1, 0.15) is 17.2 Å². The lowest BCUT2D eigenvalue weighted by Gasteiger charge is -2.01. The van der Waals surface area contributed by atoms with Gasteiger partial charge in [0.2, 0.25) is 6.39 Å². The topological polar surface area (TPSA) is 32.3 Å². The van der Waals surface area contributed by atoms with E-state index in [0.29, 0.717) is 0 Å². The number of rotatable bonds is 0. The third kappa shape index (κ3) is 5.56. The van der Waals surface area contributed by atoms with Gasteiger partial charge in [0.15, 0.2) is 0 Å². The van der Waals surface area contributed by atoms with Crippen molar-refractivity contribution in [3.63, 3.8) is 0 Å². The van der Waals surface area contributed by atoms with Gasteiger partial charge < -0.3 is 10.2 Å². The number of amides is 1. The Morgan fingerprint density at radius 1 is 1.80 bits per heavy atom. The van der Waals surface area contributed by atoms with E-state index in [-0.39, 0.29) is 0 Å². The Bertz CT molecular complexity index is 118. The molecule has 1 heterocycles. The Kier molecular flexibility index (Phi) is 4.03. The maximum atomic E-state index is 9.37. The molecule has 0 aromatic rings. The minimum atomic E-state index is -0.745. The van der Waals surface area contributed by atoms with E-state index in [9.17, 15) is 4.79 Å². The summed E-state index contributed by atoms with van der Waals surface area (Å²) < 4.78 is 16.1. The van der Waals surface area contributed by atoms with Crippen molar-refractivity contribution in [1.82, 2.24) is 10.2 Å². The Morgan fingerprint density at radius 2 is 2.20 bits per heavy atom. The molecule has 1 saturated heterocycles. The molecule has 0 aliphatic carbocycles. The molecule has 1 N–H and O–H groups in total. The maximum absolute atomic E-state index is 9.37. The molecular weight excluding hydrogens is 128 g/mol. The van der Waals surface area contributed by atoms with Gasteiger partial charge in [0, 0.05) is 10.0 Å². The lowest BCUT2D eigenvalue weighted by Crippen LogP contribution is -2.10. The Hall–Kier alpha value is -0.570. The van der Waals surface area contributed by atoms with Crippen molar-refractivity contribution in [3.05, 3.63) is 0 Å². The summed E-state index contributed by atoms with van der Waals surface area (Å²) in [5.41, 5.74) is 0. The minimum Gasteiger partial charge on any atom is -0.362 e. The Morgan fingerprint density at radius 3 is 2.30 bits per heavy atom. The lowest BCUT2D eigenvalue weighted by molar-refractivity contribution is -0.109. The summed E-state index contributed by atoms with van der Waals surface area (Å²) in [4.78, 5) is 11.7. The van der Waals surface area contributed by atoms with Gasteiger partial charge in [-0.2, -0.15) is 0 Å². The van der Waals surface area contributed by atoms with Crippen LogP contribution in [0.25, 0.3) is 0 Å². The summed E-state index contributed by atoms with van der Waals surface area (Å²) in [6.45, 7) is 2.64. The largest absolute Gasteiger partial charge is 0.362 e. The molecular formula is C7H18N2O. The summed E-state index contributed by atoms with van der Waals surface area (Å²) in [5, 5.41) is 2.06. The summed E-state index contributed by atoms with van der Waals surface area (Å²) in [6, 6.07) is 0. The summed E-state index contributed by atoms with van der Waals surface area (Å²) in [6.07, 6.45) is 2.08. The summed E-state index contributed by atoms with van der Waals surface area (Å²) in [5.74, 6) is 0. The van der Waals surface area contributed by atoms with E-state index in [1.807, 2.05) is 0 Å². The fourth-order valence-corrected chi connectivity index (χ4v) is 0.875. The molecule has 1 aliphatic rings. The molecule has 0 aromatic heterocycles. The third-order valence-corrected chi connectivity index (χ3v) is 1.43. The predicted octanol–water partition coefficient (Wildman–Crippen LogP) is 0.320. The van der Waals surface area contributed by atoms with E-state index in [1.165, 1.54) is 33.0 Å². The van der Waals surface area contributed by atoms with Crippen LogP contribution < -0.4 is 5.32 Å². The molecule has 1 aliphatic heterocycles. The zero-order valence-electron chi connectivity index (χ0n) is 9.68. The summed E-state index contributed by atoms with van der Waals surface area (Å²) in [7, 11) is 3.59. The van der Waals surface area contributed by atoms with Crippen molar-refractivity contribution in [1.29, 1.82) is 0 Å². The fraction of sp³-hybridized carbons (Fsp3) is 0.857. The predicted molar refractivity (Wildman–Crippen MR) is 44.0 cm³/mol. The van der Waals surface area contributed by atoms with Crippen LogP contribution in [0.5, 0.6) is 0 Å². The molecule has 1 fully saturated rings. The summed E-state index contributed by atoms with van der Waals surface area (Å²) >= 11 is 0. The van der Waals surface area contributed by atoms with Crippen molar-refractivity contribution in [3.8, 4) is 0 Å². The molecule has 10 heavy (non-hydrogen) atoms. The molecule has 0 unspecified atom stereocenters. The molecule has 1 rings (SSSR count).